The second-order valence-corrected chi connectivity index (χ2v) is 4.63. The molecule has 0 radical (unpaired) electrons. The van der Waals surface area contributed by atoms with Crippen molar-refractivity contribution in [3.8, 4) is 0 Å². The molecule has 4 heteroatoms. The molecule has 18 heavy (non-hydrogen) atoms. The van der Waals surface area contributed by atoms with Crippen LogP contribution in [0.25, 0.3) is 0 Å². The zero-order valence-corrected chi connectivity index (χ0v) is 11.0. The molecule has 0 saturated carbocycles. The molecule has 1 atom stereocenters. The van der Waals surface area contributed by atoms with E-state index in [4.69, 9.17) is 5.11 Å². The fourth-order valence-corrected chi connectivity index (χ4v) is 2.01. The molecule has 0 aliphatic carbocycles. The summed E-state index contributed by atoms with van der Waals surface area (Å²) in [6, 6.07) is 5.68. The van der Waals surface area contributed by atoms with Crippen LogP contribution in [0.15, 0.2) is 18.2 Å². The van der Waals surface area contributed by atoms with Gasteiger partial charge in [-0.2, -0.15) is 0 Å². The summed E-state index contributed by atoms with van der Waals surface area (Å²) in [6.45, 7) is 5.41. The van der Waals surface area contributed by atoms with Gasteiger partial charge in [0.2, 0.25) is 5.91 Å². The van der Waals surface area contributed by atoms with Crippen molar-refractivity contribution >= 4 is 11.9 Å². The maximum atomic E-state index is 11.1. The Morgan fingerprint density at radius 3 is 2.50 bits per heavy atom. The highest BCUT2D eigenvalue weighted by molar-refractivity contribution is 5.75. The van der Waals surface area contributed by atoms with Gasteiger partial charge in [0, 0.05) is 13.0 Å². The van der Waals surface area contributed by atoms with Crippen LogP contribution < -0.4 is 5.32 Å². The summed E-state index contributed by atoms with van der Waals surface area (Å²) in [4.78, 5) is 21.8. The van der Waals surface area contributed by atoms with Gasteiger partial charge in [-0.1, -0.05) is 23.8 Å². The molecule has 0 aliphatic heterocycles. The average molecular weight is 249 g/mol. The third kappa shape index (κ3) is 4.57. The van der Waals surface area contributed by atoms with E-state index < -0.39 is 5.97 Å². The lowest BCUT2D eigenvalue weighted by Crippen LogP contribution is -2.36. The Morgan fingerprint density at radius 2 is 2.00 bits per heavy atom. The number of amides is 1. The molecule has 2 N–H and O–H groups in total. The van der Waals surface area contributed by atoms with Gasteiger partial charge in [-0.25, -0.2) is 0 Å². The van der Waals surface area contributed by atoms with Gasteiger partial charge in [-0.3, -0.25) is 9.59 Å². The number of aliphatic carboxylic acids is 1. The topological polar surface area (TPSA) is 66.4 Å². The number of benzene rings is 1. The average Bonchev–Trinajstić information content (AvgIpc) is 2.20. The summed E-state index contributed by atoms with van der Waals surface area (Å²) in [5, 5.41) is 11.5. The van der Waals surface area contributed by atoms with Crippen molar-refractivity contribution in [1.29, 1.82) is 0 Å². The van der Waals surface area contributed by atoms with E-state index in [0.29, 0.717) is 6.42 Å². The van der Waals surface area contributed by atoms with Crippen molar-refractivity contribution in [3.63, 3.8) is 0 Å². The van der Waals surface area contributed by atoms with Gasteiger partial charge in [-0.05, 0) is 31.4 Å². The number of rotatable bonds is 5. The minimum absolute atomic E-state index is 0.0626. The Bertz CT molecular complexity index is 438. The fraction of sp³-hybridized carbons (Fsp3) is 0.429. The number of carbonyl (C=O) groups is 2. The molecule has 0 bridgehead atoms. The van der Waals surface area contributed by atoms with Crippen LogP contribution in [0.4, 0.5) is 0 Å². The van der Waals surface area contributed by atoms with Gasteiger partial charge in [0.25, 0.3) is 0 Å². The Balaban J connectivity index is 2.81. The number of hydrogen-bond acceptors (Lipinski definition) is 2. The summed E-state index contributed by atoms with van der Waals surface area (Å²) < 4.78 is 0. The summed E-state index contributed by atoms with van der Waals surface area (Å²) >= 11 is 0. The minimum atomic E-state index is -0.904. The Kier molecular flexibility index (Phi) is 4.89. The second-order valence-electron chi connectivity index (χ2n) is 4.63. The van der Waals surface area contributed by atoms with Crippen molar-refractivity contribution < 1.29 is 14.7 Å². The SMILES string of the molecule is CC(=O)NC(CC(=O)O)Cc1ccc(C)cc1C. The normalized spacial score (nSPS) is 11.9. The molecule has 1 amide bonds. The lowest BCUT2D eigenvalue weighted by molar-refractivity contribution is -0.137. The molecular weight excluding hydrogens is 230 g/mol. The molecule has 0 fully saturated rings. The molecule has 0 saturated heterocycles. The molecule has 0 heterocycles. The predicted octanol–water partition coefficient (Wildman–Crippen LogP) is 1.83. The zero-order chi connectivity index (χ0) is 13.7. The van der Waals surface area contributed by atoms with Crippen LogP contribution in [-0.2, 0) is 16.0 Å². The summed E-state index contributed by atoms with van der Waals surface area (Å²) in [5.41, 5.74) is 3.36. The Labute approximate surface area is 107 Å². The molecule has 0 spiro atoms. The standard InChI is InChI=1S/C14H19NO3/c1-9-4-5-12(10(2)6-9)7-13(8-14(17)18)15-11(3)16/h4-6,13H,7-8H2,1-3H3,(H,15,16)(H,17,18). The molecule has 1 unspecified atom stereocenters. The van der Waals surface area contributed by atoms with E-state index in [1.807, 2.05) is 26.0 Å². The predicted molar refractivity (Wildman–Crippen MR) is 69.5 cm³/mol. The lowest BCUT2D eigenvalue weighted by Gasteiger charge is -2.17. The first-order valence-electron chi connectivity index (χ1n) is 5.93. The number of carboxylic acid groups (broad SMARTS) is 1. The number of carbonyl (C=O) groups excluding carboxylic acids is 1. The highest BCUT2D eigenvalue weighted by atomic mass is 16.4. The smallest absolute Gasteiger partial charge is 0.305 e. The van der Waals surface area contributed by atoms with E-state index in [0.717, 1.165) is 11.1 Å². The third-order valence-corrected chi connectivity index (χ3v) is 2.79. The van der Waals surface area contributed by atoms with Crippen LogP contribution in [0.3, 0.4) is 0 Å². The first kappa shape index (κ1) is 14.2. The molecule has 0 aromatic heterocycles. The minimum Gasteiger partial charge on any atom is -0.481 e. The van der Waals surface area contributed by atoms with E-state index >= 15 is 0 Å². The van der Waals surface area contributed by atoms with Gasteiger partial charge in [-0.15, -0.1) is 0 Å². The number of nitrogens with one attached hydrogen (secondary N) is 1. The maximum absolute atomic E-state index is 11.1. The van der Waals surface area contributed by atoms with Crippen molar-refractivity contribution in [2.45, 2.75) is 39.7 Å². The quantitative estimate of drug-likeness (QED) is 0.836. The Morgan fingerprint density at radius 1 is 1.33 bits per heavy atom. The highest BCUT2D eigenvalue weighted by Gasteiger charge is 2.15. The van der Waals surface area contributed by atoms with E-state index in [1.54, 1.807) is 0 Å². The van der Waals surface area contributed by atoms with Gasteiger partial charge >= 0.3 is 5.97 Å². The molecular formula is C14H19NO3. The summed E-state index contributed by atoms with van der Waals surface area (Å²) in [6.07, 6.45) is 0.477. The van der Waals surface area contributed by atoms with Gasteiger partial charge < -0.3 is 10.4 Å². The number of hydrogen-bond donors (Lipinski definition) is 2. The van der Waals surface area contributed by atoms with Crippen LogP contribution in [0.1, 0.15) is 30.0 Å². The van der Waals surface area contributed by atoms with Gasteiger partial charge in [0.05, 0.1) is 6.42 Å². The molecule has 1 aromatic carbocycles. The van der Waals surface area contributed by atoms with Crippen LogP contribution >= 0.6 is 0 Å². The van der Waals surface area contributed by atoms with Crippen LogP contribution in [0.5, 0.6) is 0 Å². The largest absolute Gasteiger partial charge is 0.481 e. The number of carboxylic acids is 1. The van der Waals surface area contributed by atoms with Crippen LogP contribution in [0, 0.1) is 13.8 Å². The highest BCUT2D eigenvalue weighted by Crippen LogP contribution is 2.14. The second kappa shape index (κ2) is 6.19. The first-order chi connectivity index (χ1) is 8.38. The molecule has 98 valence electrons. The van der Waals surface area contributed by atoms with E-state index in [9.17, 15) is 9.59 Å². The third-order valence-electron chi connectivity index (χ3n) is 2.79. The zero-order valence-electron chi connectivity index (χ0n) is 11.0. The van der Waals surface area contributed by atoms with Crippen LogP contribution in [0.2, 0.25) is 0 Å². The van der Waals surface area contributed by atoms with E-state index in [1.165, 1.54) is 12.5 Å². The maximum Gasteiger partial charge on any atom is 0.305 e. The van der Waals surface area contributed by atoms with Crippen molar-refractivity contribution in [3.05, 3.63) is 34.9 Å². The van der Waals surface area contributed by atoms with Crippen molar-refractivity contribution in [2.75, 3.05) is 0 Å². The van der Waals surface area contributed by atoms with E-state index in [-0.39, 0.29) is 18.4 Å². The summed E-state index contributed by atoms with van der Waals surface area (Å²) in [5.74, 6) is -1.11. The summed E-state index contributed by atoms with van der Waals surface area (Å²) in [7, 11) is 0. The first-order valence-corrected chi connectivity index (χ1v) is 5.93. The molecule has 4 nitrogen and oxygen atoms in total. The fourth-order valence-electron chi connectivity index (χ4n) is 2.01. The molecule has 1 rings (SSSR count). The van der Waals surface area contributed by atoms with Crippen molar-refractivity contribution in [1.82, 2.24) is 5.32 Å². The van der Waals surface area contributed by atoms with Gasteiger partial charge in [0.15, 0.2) is 0 Å². The molecule has 1 aromatic rings. The lowest BCUT2D eigenvalue weighted by atomic mass is 9.97. The van der Waals surface area contributed by atoms with Gasteiger partial charge in [0.1, 0.15) is 0 Å². The van der Waals surface area contributed by atoms with E-state index in [2.05, 4.69) is 11.4 Å². The monoisotopic (exact) mass is 249 g/mol. The number of aryl methyl sites for hydroxylation is 2. The molecule has 0 aliphatic rings. The van der Waals surface area contributed by atoms with Crippen LogP contribution in [-0.4, -0.2) is 23.0 Å². The van der Waals surface area contributed by atoms with Crippen molar-refractivity contribution in [2.24, 2.45) is 0 Å². The Hall–Kier alpha value is -1.84.